The molecule has 204 valence electrons. The summed E-state index contributed by atoms with van der Waals surface area (Å²) in [5, 5.41) is 32.2. The minimum Gasteiger partial charge on any atom is -0.506 e. The van der Waals surface area contributed by atoms with Crippen molar-refractivity contribution in [3.05, 3.63) is 70.7 Å². The maximum absolute atomic E-state index is 14.1. The van der Waals surface area contributed by atoms with E-state index < -0.39 is 34.4 Å². The fraction of sp³-hybridized carbons (Fsp3) is 0.387. The topological polar surface area (TPSA) is 124 Å². The van der Waals surface area contributed by atoms with E-state index in [9.17, 15) is 29.7 Å². The van der Waals surface area contributed by atoms with Crippen molar-refractivity contribution in [2.45, 2.75) is 57.3 Å². The van der Waals surface area contributed by atoms with Gasteiger partial charge >= 0.3 is 5.97 Å². The fourth-order valence-electron chi connectivity index (χ4n) is 6.84. The van der Waals surface area contributed by atoms with E-state index in [0.29, 0.717) is 10.8 Å². The fourth-order valence-corrected chi connectivity index (χ4v) is 7.98. The Morgan fingerprint density at radius 2 is 1.87 bits per heavy atom. The number of carbonyl (C=O) groups is 3. The van der Waals surface area contributed by atoms with Crippen molar-refractivity contribution >= 4 is 35.1 Å². The maximum atomic E-state index is 14.1. The molecule has 0 aliphatic heterocycles. The summed E-state index contributed by atoms with van der Waals surface area (Å²) in [5.41, 5.74) is 0.647. The second kappa shape index (κ2) is 9.90. The molecule has 4 N–H and O–H groups in total. The Labute approximate surface area is 232 Å². The molecule has 4 aliphatic carbocycles. The number of ketones is 1. The standard InChI is InChI=1S/C31H33NO6S/c1-17-4-6-20(7-5-17)39-23-16-31-13-10-19(18(2)15-31)14-24(31)30(3,28(23)36)12-11-25(34)32-26-22(33)9-8-21(27(26)35)29(37)38/h4-9,16,19,24,33,35H,2,10-15H2,1,3H3,(H,32,34)(H,37,38)/t19-,24+,30+,31-/m1/s1. The number of phenols is 2. The molecule has 0 saturated heterocycles. The molecule has 3 fully saturated rings. The average molecular weight is 548 g/mol. The van der Waals surface area contributed by atoms with Gasteiger partial charge in [0.2, 0.25) is 5.91 Å². The molecule has 0 aromatic heterocycles. The van der Waals surface area contributed by atoms with Crippen molar-refractivity contribution in [3.63, 3.8) is 0 Å². The molecule has 4 aliphatic rings. The molecule has 4 atom stereocenters. The number of Topliss-reactive ketones (excluding diaryl/α,β-unsaturated/α-hetero) is 1. The zero-order chi connectivity index (χ0) is 28.1. The molecular formula is C31H33NO6S. The van der Waals surface area contributed by atoms with Crippen LogP contribution in [0.15, 0.2) is 64.4 Å². The summed E-state index contributed by atoms with van der Waals surface area (Å²) in [6, 6.07) is 10.3. The van der Waals surface area contributed by atoms with Crippen molar-refractivity contribution in [2.24, 2.45) is 22.7 Å². The summed E-state index contributed by atoms with van der Waals surface area (Å²) in [6.45, 7) is 8.35. The Balaban J connectivity index is 1.42. The predicted octanol–water partition coefficient (Wildman–Crippen LogP) is 6.45. The molecule has 6 rings (SSSR count). The van der Waals surface area contributed by atoms with Crippen molar-refractivity contribution in [1.82, 2.24) is 0 Å². The van der Waals surface area contributed by atoms with Gasteiger partial charge in [-0.1, -0.05) is 54.6 Å². The second-order valence-corrected chi connectivity index (χ2v) is 12.6. The third kappa shape index (κ3) is 4.75. The van der Waals surface area contributed by atoms with E-state index in [-0.39, 0.29) is 35.6 Å². The number of amides is 1. The van der Waals surface area contributed by atoms with E-state index >= 15 is 0 Å². The van der Waals surface area contributed by atoms with Gasteiger partial charge in [0, 0.05) is 16.7 Å². The van der Waals surface area contributed by atoms with Gasteiger partial charge in [-0.15, -0.1) is 0 Å². The Kier molecular flexibility index (Phi) is 6.87. The molecule has 2 aromatic rings. The number of aryl methyl sites for hydroxylation is 1. The summed E-state index contributed by atoms with van der Waals surface area (Å²) >= 11 is 1.48. The molecule has 0 unspecified atom stereocenters. The lowest BCUT2D eigenvalue weighted by molar-refractivity contribution is -0.136. The summed E-state index contributed by atoms with van der Waals surface area (Å²) in [4.78, 5) is 40.2. The molecule has 2 bridgehead atoms. The third-order valence-corrected chi connectivity index (χ3v) is 10.0. The number of hydrogen-bond acceptors (Lipinski definition) is 6. The van der Waals surface area contributed by atoms with Crippen LogP contribution in [0.3, 0.4) is 0 Å². The minimum absolute atomic E-state index is 0.0287. The average Bonchev–Trinajstić information content (AvgIpc) is 2.89. The monoisotopic (exact) mass is 547 g/mol. The van der Waals surface area contributed by atoms with Gasteiger partial charge in [0.25, 0.3) is 0 Å². The van der Waals surface area contributed by atoms with Gasteiger partial charge in [0.15, 0.2) is 11.5 Å². The second-order valence-electron chi connectivity index (χ2n) is 11.5. The number of carbonyl (C=O) groups excluding carboxylic acids is 2. The van der Waals surface area contributed by atoms with Crippen molar-refractivity contribution < 1.29 is 29.7 Å². The first-order chi connectivity index (χ1) is 18.4. The number of rotatable bonds is 7. The van der Waals surface area contributed by atoms with Crippen LogP contribution in [0.4, 0.5) is 5.69 Å². The first-order valence-electron chi connectivity index (χ1n) is 13.2. The smallest absolute Gasteiger partial charge is 0.339 e. The first kappa shape index (κ1) is 27.1. The summed E-state index contributed by atoms with van der Waals surface area (Å²) < 4.78 is 0. The van der Waals surface area contributed by atoms with Gasteiger partial charge in [0.05, 0.1) is 4.91 Å². The summed E-state index contributed by atoms with van der Waals surface area (Å²) in [6.07, 6.45) is 6.20. The molecule has 39 heavy (non-hydrogen) atoms. The van der Waals surface area contributed by atoms with Crippen LogP contribution < -0.4 is 5.32 Å². The molecule has 1 amide bonds. The summed E-state index contributed by atoms with van der Waals surface area (Å²) in [7, 11) is 0. The normalized spacial score (nSPS) is 27.6. The van der Waals surface area contributed by atoms with Gasteiger partial charge in [0.1, 0.15) is 17.0 Å². The number of carboxylic acid groups (broad SMARTS) is 1. The SMILES string of the molecule is C=C1C[C@]23C=C(Sc4ccc(C)cc4)C(=O)[C@@](C)(CCC(=O)Nc4c(O)ccc(C(=O)O)c4O)[C@@H]2C[C@H]1CC3. The zero-order valence-electron chi connectivity index (χ0n) is 22.1. The number of aromatic carboxylic acids is 1. The lowest BCUT2D eigenvalue weighted by atomic mass is 9.44. The number of hydrogen-bond donors (Lipinski definition) is 4. The molecule has 3 saturated carbocycles. The zero-order valence-corrected chi connectivity index (χ0v) is 22.9. The van der Waals surface area contributed by atoms with E-state index in [1.807, 2.05) is 38.1 Å². The molecule has 2 aromatic carbocycles. The first-order valence-corrected chi connectivity index (χ1v) is 14.0. The number of fused-ring (bicyclic) bond motifs is 2. The minimum atomic E-state index is -1.38. The molecular weight excluding hydrogens is 514 g/mol. The third-order valence-electron chi connectivity index (χ3n) is 9.01. The number of anilines is 1. The van der Waals surface area contributed by atoms with Crippen LogP contribution in [0.2, 0.25) is 0 Å². The Bertz CT molecular complexity index is 1410. The molecule has 0 heterocycles. The van der Waals surface area contributed by atoms with E-state index in [0.717, 1.165) is 48.3 Å². The largest absolute Gasteiger partial charge is 0.506 e. The van der Waals surface area contributed by atoms with Crippen LogP contribution in [-0.4, -0.2) is 33.0 Å². The van der Waals surface area contributed by atoms with Crippen LogP contribution in [0.1, 0.15) is 61.4 Å². The number of thioether (sulfide) groups is 1. The van der Waals surface area contributed by atoms with Gasteiger partial charge in [-0.2, -0.15) is 0 Å². The highest BCUT2D eigenvalue weighted by molar-refractivity contribution is 8.04. The molecule has 8 heteroatoms. The van der Waals surface area contributed by atoms with Crippen LogP contribution >= 0.6 is 11.8 Å². The van der Waals surface area contributed by atoms with Crippen LogP contribution in [-0.2, 0) is 9.59 Å². The van der Waals surface area contributed by atoms with Crippen LogP contribution in [0.25, 0.3) is 0 Å². The van der Waals surface area contributed by atoms with E-state index in [1.165, 1.54) is 17.3 Å². The van der Waals surface area contributed by atoms with Gasteiger partial charge in [-0.05, 0) is 80.5 Å². The van der Waals surface area contributed by atoms with Crippen molar-refractivity contribution in [2.75, 3.05) is 5.32 Å². The highest BCUT2D eigenvalue weighted by Gasteiger charge is 2.60. The lowest BCUT2D eigenvalue weighted by Gasteiger charge is -2.59. The highest BCUT2D eigenvalue weighted by atomic mass is 32.2. The maximum Gasteiger partial charge on any atom is 0.339 e. The Morgan fingerprint density at radius 1 is 1.15 bits per heavy atom. The Hall–Kier alpha value is -3.52. The molecule has 7 nitrogen and oxygen atoms in total. The van der Waals surface area contributed by atoms with Gasteiger partial charge < -0.3 is 20.6 Å². The quantitative estimate of drug-likeness (QED) is 0.232. The number of carboxylic acids is 1. The number of phenolic OH excluding ortho intramolecular Hbond substituents is 1. The number of allylic oxidation sites excluding steroid dienone is 3. The van der Waals surface area contributed by atoms with E-state index in [1.54, 1.807) is 0 Å². The van der Waals surface area contributed by atoms with Gasteiger partial charge in [-0.25, -0.2) is 4.79 Å². The van der Waals surface area contributed by atoms with Crippen LogP contribution in [0, 0.1) is 29.6 Å². The number of benzene rings is 2. The van der Waals surface area contributed by atoms with Crippen molar-refractivity contribution in [1.29, 1.82) is 0 Å². The summed E-state index contributed by atoms with van der Waals surface area (Å²) in [5.74, 6) is -2.55. The van der Waals surface area contributed by atoms with Gasteiger partial charge in [-0.3, -0.25) is 9.59 Å². The molecule has 0 radical (unpaired) electrons. The Morgan fingerprint density at radius 3 is 2.54 bits per heavy atom. The lowest BCUT2D eigenvalue weighted by Crippen LogP contribution is -2.55. The number of nitrogens with one attached hydrogen (secondary N) is 1. The highest BCUT2D eigenvalue weighted by Crippen LogP contribution is 2.66. The van der Waals surface area contributed by atoms with Crippen LogP contribution in [0.5, 0.6) is 11.5 Å². The predicted molar refractivity (Wildman–Crippen MR) is 150 cm³/mol. The van der Waals surface area contributed by atoms with E-state index in [4.69, 9.17) is 0 Å². The number of aromatic hydroxyl groups is 2. The molecule has 1 spiro atoms. The van der Waals surface area contributed by atoms with E-state index in [2.05, 4.69) is 18.0 Å². The van der Waals surface area contributed by atoms with Crippen molar-refractivity contribution in [3.8, 4) is 11.5 Å².